The van der Waals surface area contributed by atoms with Gasteiger partial charge in [0.25, 0.3) is 11.8 Å². The van der Waals surface area contributed by atoms with Gasteiger partial charge in [0.15, 0.2) is 11.5 Å². The standard InChI is InChI=1S/C19H22F2N8O/c1-29-9-7-10-11(4-2-6-13(10)29)24-17-14(16(23)30)27-28-18(26-17)25-12-5-3-8-19(20,21)15(12)22/h2,4,6-7,9,12,15H,3,5,8,22H2,1H3,(H2,23,30)(H2,24,25,26,28)/t12-,15-/m1/s1. The van der Waals surface area contributed by atoms with E-state index in [9.17, 15) is 13.6 Å². The molecule has 0 unspecified atom stereocenters. The average Bonchev–Trinajstić information content (AvgIpc) is 3.08. The fraction of sp³-hybridized carbons (Fsp3) is 0.368. The normalized spacial score (nSPS) is 20.8. The molecule has 2 aromatic heterocycles. The number of anilines is 3. The smallest absolute Gasteiger partial charge is 0.273 e. The highest BCUT2D eigenvalue weighted by Gasteiger charge is 2.45. The molecular formula is C19H22F2N8O. The zero-order valence-electron chi connectivity index (χ0n) is 16.3. The van der Waals surface area contributed by atoms with Gasteiger partial charge in [0.05, 0.1) is 12.1 Å². The van der Waals surface area contributed by atoms with Crippen molar-refractivity contribution >= 4 is 34.3 Å². The number of alkyl halides is 2. The molecular weight excluding hydrogens is 394 g/mol. The largest absolute Gasteiger partial charge is 0.364 e. The summed E-state index contributed by atoms with van der Waals surface area (Å²) >= 11 is 0. The molecule has 0 saturated heterocycles. The minimum atomic E-state index is -2.97. The molecule has 0 aliphatic heterocycles. The number of nitrogens with zero attached hydrogens (tertiary/aromatic N) is 4. The molecule has 9 nitrogen and oxygen atoms in total. The van der Waals surface area contributed by atoms with Crippen LogP contribution in [0.15, 0.2) is 30.5 Å². The Hall–Kier alpha value is -3.34. The number of benzene rings is 1. The number of amides is 1. The van der Waals surface area contributed by atoms with Crippen molar-refractivity contribution in [2.24, 2.45) is 18.5 Å². The SMILES string of the molecule is Cn1ccc2c(Nc3nc(N[C@@H]4CCCC(F)(F)[C@@H]4N)nnc3C(N)=O)cccc21. The van der Waals surface area contributed by atoms with Crippen LogP contribution in [-0.4, -0.2) is 43.7 Å². The van der Waals surface area contributed by atoms with Crippen LogP contribution in [0.5, 0.6) is 0 Å². The van der Waals surface area contributed by atoms with E-state index in [2.05, 4.69) is 25.8 Å². The lowest BCUT2D eigenvalue weighted by Gasteiger charge is -2.35. The first-order valence-corrected chi connectivity index (χ1v) is 9.52. The fourth-order valence-corrected chi connectivity index (χ4v) is 3.71. The van der Waals surface area contributed by atoms with Gasteiger partial charge in [-0.05, 0) is 31.0 Å². The number of carbonyl (C=O) groups excluding carboxylic acids is 1. The van der Waals surface area contributed by atoms with E-state index in [4.69, 9.17) is 11.5 Å². The summed E-state index contributed by atoms with van der Waals surface area (Å²) in [5.41, 5.74) is 12.6. The summed E-state index contributed by atoms with van der Waals surface area (Å²) in [7, 11) is 1.92. The molecule has 1 aliphatic rings. The third-order valence-corrected chi connectivity index (χ3v) is 5.36. The van der Waals surface area contributed by atoms with Crippen molar-refractivity contribution in [1.29, 1.82) is 0 Å². The Labute approximate surface area is 170 Å². The summed E-state index contributed by atoms with van der Waals surface area (Å²) in [6.07, 6.45) is 2.43. The first kappa shape index (κ1) is 20.0. The summed E-state index contributed by atoms with van der Waals surface area (Å²) in [5, 5.41) is 14.5. The summed E-state index contributed by atoms with van der Waals surface area (Å²) in [6.45, 7) is 0. The third-order valence-electron chi connectivity index (χ3n) is 5.36. The van der Waals surface area contributed by atoms with E-state index in [1.165, 1.54) is 0 Å². The van der Waals surface area contributed by atoms with E-state index in [0.717, 1.165) is 10.9 Å². The highest BCUT2D eigenvalue weighted by molar-refractivity contribution is 5.99. The minimum absolute atomic E-state index is 0.0131. The van der Waals surface area contributed by atoms with E-state index in [-0.39, 0.29) is 23.9 Å². The Morgan fingerprint density at radius 1 is 1.30 bits per heavy atom. The minimum Gasteiger partial charge on any atom is -0.364 e. The van der Waals surface area contributed by atoms with Crippen LogP contribution in [0, 0.1) is 0 Å². The van der Waals surface area contributed by atoms with Gasteiger partial charge in [-0.15, -0.1) is 10.2 Å². The molecule has 1 fully saturated rings. The topological polar surface area (TPSA) is 137 Å². The molecule has 0 radical (unpaired) electrons. The highest BCUT2D eigenvalue weighted by Crippen LogP contribution is 2.34. The van der Waals surface area contributed by atoms with Crippen molar-refractivity contribution in [3.05, 3.63) is 36.2 Å². The number of primary amides is 1. The quantitative estimate of drug-likeness (QED) is 0.500. The number of aromatic nitrogens is 4. The maximum absolute atomic E-state index is 13.9. The predicted molar refractivity (Wildman–Crippen MR) is 109 cm³/mol. The van der Waals surface area contributed by atoms with Crippen molar-refractivity contribution in [2.75, 3.05) is 10.6 Å². The molecule has 30 heavy (non-hydrogen) atoms. The molecule has 1 amide bonds. The average molecular weight is 416 g/mol. The van der Waals surface area contributed by atoms with Crippen LogP contribution < -0.4 is 22.1 Å². The van der Waals surface area contributed by atoms with Crippen LogP contribution in [0.3, 0.4) is 0 Å². The Morgan fingerprint density at radius 3 is 2.87 bits per heavy atom. The van der Waals surface area contributed by atoms with Crippen molar-refractivity contribution in [2.45, 2.75) is 37.3 Å². The molecule has 11 heteroatoms. The van der Waals surface area contributed by atoms with Crippen LogP contribution in [0.2, 0.25) is 0 Å². The van der Waals surface area contributed by atoms with Crippen LogP contribution in [-0.2, 0) is 7.05 Å². The van der Waals surface area contributed by atoms with Gasteiger partial charge in [-0.2, -0.15) is 4.98 Å². The first-order valence-electron chi connectivity index (χ1n) is 9.52. The molecule has 0 bridgehead atoms. The highest BCUT2D eigenvalue weighted by atomic mass is 19.3. The molecule has 6 N–H and O–H groups in total. The Balaban J connectivity index is 1.66. The molecule has 1 aromatic carbocycles. The monoisotopic (exact) mass is 416 g/mol. The second-order valence-electron chi connectivity index (χ2n) is 7.42. The second kappa shape index (κ2) is 7.48. The van der Waals surface area contributed by atoms with Crippen molar-refractivity contribution in [3.63, 3.8) is 0 Å². The van der Waals surface area contributed by atoms with E-state index < -0.39 is 23.9 Å². The Morgan fingerprint density at radius 2 is 2.10 bits per heavy atom. The van der Waals surface area contributed by atoms with Gasteiger partial charge in [-0.3, -0.25) is 4.79 Å². The summed E-state index contributed by atoms with van der Waals surface area (Å²) in [5.74, 6) is -3.72. The summed E-state index contributed by atoms with van der Waals surface area (Å²) in [4.78, 5) is 16.1. The Kier molecular flexibility index (Phi) is 4.98. The molecule has 2 atom stereocenters. The molecule has 1 saturated carbocycles. The van der Waals surface area contributed by atoms with Gasteiger partial charge >= 0.3 is 0 Å². The zero-order chi connectivity index (χ0) is 21.5. The van der Waals surface area contributed by atoms with Gasteiger partial charge in [-0.25, -0.2) is 8.78 Å². The van der Waals surface area contributed by atoms with Crippen LogP contribution in [0.1, 0.15) is 29.8 Å². The van der Waals surface area contributed by atoms with E-state index in [0.29, 0.717) is 18.5 Å². The number of hydrogen-bond acceptors (Lipinski definition) is 7. The van der Waals surface area contributed by atoms with E-state index in [1.54, 1.807) is 0 Å². The van der Waals surface area contributed by atoms with Gasteiger partial charge < -0.3 is 26.7 Å². The van der Waals surface area contributed by atoms with Crippen molar-refractivity contribution < 1.29 is 13.6 Å². The molecule has 1 aliphatic carbocycles. The number of carbonyl (C=O) groups is 1. The van der Waals surface area contributed by atoms with Gasteiger partial charge in [-0.1, -0.05) is 6.07 Å². The lowest BCUT2D eigenvalue weighted by atomic mass is 9.87. The van der Waals surface area contributed by atoms with E-state index >= 15 is 0 Å². The number of aryl methyl sites for hydroxylation is 1. The number of hydrogen-bond donors (Lipinski definition) is 4. The van der Waals surface area contributed by atoms with Crippen molar-refractivity contribution in [1.82, 2.24) is 19.7 Å². The zero-order valence-corrected chi connectivity index (χ0v) is 16.3. The molecule has 0 spiro atoms. The van der Waals surface area contributed by atoms with Gasteiger partial charge in [0.1, 0.15) is 0 Å². The number of fused-ring (bicyclic) bond motifs is 1. The molecule has 3 aromatic rings. The summed E-state index contributed by atoms with van der Waals surface area (Å²) in [6, 6.07) is 5.44. The molecule has 158 valence electrons. The van der Waals surface area contributed by atoms with Gasteiger partial charge in [0.2, 0.25) is 5.95 Å². The van der Waals surface area contributed by atoms with Gasteiger partial charge in [0, 0.05) is 36.3 Å². The molecule has 4 rings (SSSR count). The number of halogens is 2. The maximum Gasteiger partial charge on any atom is 0.273 e. The van der Waals surface area contributed by atoms with Crippen LogP contribution >= 0.6 is 0 Å². The third kappa shape index (κ3) is 3.63. The fourth-order valence-electron chi connectivity index (χ4n) is 3.71. The second-order valence-corrected chi connectivity index (χ2v) is 7.42. The van der Waals surface area contributed by atoms with Crippen LogP contribution in [0.4, 0.5) is 26.2 Å². The van der Waals surface area contributed by atoms with Crippen LogP contribution in [0.25, 0.3) is 10.9 Å². The number of nitrogens with one attached hydrogen (secondary N) is 2. The van der Waals surface area contributed by atoms with Crippen molar-refractivity contribution in [3.8, 4) is 0 Å². The molecule has 2 heterocycles. The first-order chi connectivity index (χ1) is 14.3. The predicted octanol–water partition coefficient (Wildman–Crippen LogP) is 2.13. The lowest BCUT2D eigenvalue weighted by Crippen LogP contribution is -2.55. The summed E-state index contributed by atoms with van der Waals surface area (Å²) < 4.78 is 29.8. The Bertz CT molecular complexity index is 1100. The maximum atomic E-state index is 13.9. The lowest BCUT2D eigenvalue weighted by molar-refractivity contribution is -0.0555. The number of nitrogens with two attached hydrogens (primary N) is 2. The van der Waals surface area contributed by atoms with E-state index in [1.807, 2.05) is 42.1 Å². The number of rotatable bonds is 5.